The molecule has 4 rings (SSSR count). The monoisotopic (exact) mass is 403 g/mol. The predicted molar refractivity (Wildman–Crippen MR) is 97.9 cm³/mol. The summed E-state index contributed by atoms with van der Waals surface area (Å²) < 4.78 is 10.4. The van der Waals surface area contributed by atoms with Crippen molar-refractivity contribution in [3.63, 3.8) is 0 Å². The number of allylic oxidation sites excluding steroid dienone is 1. The molecule has 0 saturated heterocycles. The van der Waals surface area contributed by atoms with Gasteiger partial charge >= 0.3 is 6.16 Å². The summed E-state index contributed by atoms with van der Waals surface area (Å²) in [5, 5.41) is 6.75. The summed E-state index contributed by atoms with van der Waals surface area (Å²) in [5.74, 6) is 0.813. The Kier molecular flexibility index (Phi) is 4.33. The van der Waals surface area contributed by atoms with E-state index < -0.39 is 12.4 Å². The first-order valence-corrected chi connectivity index (χ1v) is 9.25. The number of hydrazone groups is 1. The van der Waals surface area contributed by atoms with E-state index in [1.54, 1.807) is 6.92 Å². The Bertz CT molecular complexity index is 762. The normalized spacial score (nSPS) is 29.6. The van der Waals surface area contributed by atoms with Crippen LogP contribution >= 0.6 is 15.9 Å². The molecule has 0 bridgehead atoms. The van der Waals surface area contributed by atoms with Gasteiger partial charge in [0.25, 0.3) is 0 Å². The molecule has 1 aromatic carbocycles. The number of carbonyl (C=O) groups excluding carboxylic acids is 1. The van der Waals surface area contributed by atoms with Gasteiger partial charge in [-0.05, 0) is 18.9 Å². The number of fused-ring (bicyclic) bond motifs is 3. The van der Waals surface area contributed by atoms with Crippen molar-refractivity contribution in [1.82, 2.24) is 5.01 Å². The zero-order valence-electron chi connectivity index (χ0n) is 13.7. The van der Waals surface area contributed by atoms with E-state index in [4.69, 9.17) is 14.6 Å². The quantitative estimate of drug-likeness (QED) is 0.441. The second-order valence-electron chi connectivity index (χ2n) is 6.06. The van der Waals surface area contributed by atoms with Crippen LogP contribution in [0, 0.1) is 5.92 Å². The van der Waals surface area contributed by atoms with Crippen LogP contribution in [0.4, 0.5) is 4.79 Å². The van der Waals surface area contributed by atoms with E-state index in [1.807, 2.05) is 35.3 Å². The molecule has 25 heavy (non-hydrogen) atoms. The standard InChI is InChI=1S/C18H18BrN3O3/c1-2-24-18(23)25-17-12-9-6-10-13(12)22-16(20-17)14(19)15(21-22)11-7-4-3-5-8-11/h3-8,10,12-14,17H,2,9H2,1H3. The Labute approximate surface area is 154 Å². The van der Waals surface area contributed by atoms with E-state index in [0.717, 1.165) is 23.5 Å². The maximum Gasteiger partial charge on any atom is 0.510 e. The summed E-state index contributed by atoms with van der Waals surface area (Å²) in [7, 11) is 0. The van der Waals surface area contributed by atoms with Crippen molar-refractivity contribution in [2.75, 3.05) is 6.61 Å². The largest absolute Gasteiger partial charge is 0.510 e. The summed E-state index contributed by atoms with van der Waals surface area (Å²) >= 11 is 3.71. The van der Waals surface area contributed by atoms with Gasteiger partial charge in [0.2, 0.25) is 6.23 Å². The maximum absolute atomic E-state index is 11.8. The lowest BCUT2D eigenvalue weighted by molar-refractivity contribution is -0.00552. The van der Waals surface area contributed by atoms with Crippen molar-refractivity contribution in [3.05, 3.63) is 48.0 Å². The number of halogens is 1. The highest BCUT2D eigenvalue weighted by molar-refractivity contribution is 9.10. The molecule has 4 atom stereocenters. The van der Waals surface area contributed by atoms with Gasteiger partial charge in [0, 0.05) is 5.92 Å². The van der Waals surface area contributed by atoms with Crippen molar-refractivity contribution >= 4 is 33.6 Å². The number of hydrogen-bond acceptors (Lipinski definition) is 6. The first-order valence-electron chi connectivity index (χ1n) is 8.34. The van der Waals surface area contributed by atoms with Crippen molar-refractivity contribution in [2.45, 2.75) is 30.4 Å². The molecule has 0 amide bonds. The molecule has 0 N–H and O–H groups in total. The number of carbonyl (C=O) groups is 1. The molecule has 0 spiro atoms. The summed E-state index contributed by atoms with van der Waals surface area (Å²) in [6, 6.07) is 10.0. The van der Waals surface area contributed by atoms with Crippen molar-refractivity contribution in [2.24, 2.45) is 16.0 Å². The van der Waals surface area contributed by atoms with Gasteiger partial charge in [-0.15, -0.1) is 0 Å². The molecule has 7 heteroatoms. The average Bonchev–Trinajstić information content (AvgIpc) is 3.22. The topological polar surface area (TPSA) is 63.5 Å². The zero-order chi connectivity index (χ0) is 17.4. The minimum Gasteiger partial charge on any atom is -0.435 e. The predicted octanol–water partition coefficient (Wildman–Crippen LogP) is 3.33. The summed E-state index contributed by atoms with van der Waals surface area (Å²) in [6.07, 6.45) is 3.76. The molecule has 2 heterocycles. The van der Waals surface area contributed by atoms with Gasteiger partial charge in [0.05, 0.1) is 18.4 Å². The summed E-state index contributed by atoms with van der Waals surface area (Å²) in [4.78, 5) is 16.3. The van der Waals surface area contributed by atoms with Crippen molar-refractivity contribution in [1.29, 1.82) is 0 Å². The highest BCUT2D eigenvalue weighted by atomic mass is 79.9. The van der Waals surface area contributed by atoms with Gasteiger partial charge in [-0.25, -0.2) is 14.8 Å². The van der Waals surface area contributed by atoms with E-state index in [2.05, 4.69) is 33.1 Å². The highest BCUT2D eigenvalue weighted by Gasteiger charge is 2.47. The van der Waals surface area contributed by atoms with Gasteiger partial charge < -0.3 is 9.47 Å². The Hall–Kier alpha value is -2.15. The van der Waals surface area contributed by atoms with Crippen LogP contribution in [-0.2, 0) is 9.47 Å². The SMILES string of the molecule is CCOC(=O)OC1N=C2C(Br)C(c3ccccc3)=NN2C2C=CCC12. The molecule has 0 aromatic heterocycles. The van der Waals surface area contributed by atoms with Crippen LogP contribution in [0.2, 0.25) is 0 Å². The maximum atomic E-state index is 11.8. The second-order valence-corrected chi connectivity index (χ2v) is 6.97. The van der Waals surface area contributed by atoms with E-state index in [0.29, 0.717) is 0 Å². The van der Waals surface area contributed by atoms with Crippen molar-refractivity contribution < 1.29 is 14.3 Å². The molecular weight excluding hydrogens is 386 g/mol. The molecule has 2 aliphatic heterocycles. The molecule has 3 aliphatic rings. The third-order valence-corrected chi connectivity index (χ3v) is 5.40. The smallest absolute Gasteiger partial charge is 0.435 e. The van der Waals surface area contributed by atoms with Gasteiger partial charge in [-0.2, -0.15) is 5.10 Å². The van der Waals surface area contributed by atoms with E-state index >= 15 is 0 Å². The molecular formula is C18H18BrN3O3. The second kappa shape index (κ2) is 6.63. The van der Waals surface area contributed by atoms with Gasteiger partial charge in [0.15, 0.2) is 0 Å². The minimum atomic E-state index is -0.677. The Balaban J connectivity index is 1.65. The number of amidine groups is 1. The fourth-order valence-corrected chi connectivity index (χ4v) is 4.09. The zero-order valence-corrected chi connectivity index (χ0v) is 15.3. The number of alkyl halides is 1. The van der Waals surface area contributed by atoms with Crippen molar-refractivity contribution in [3.8, 4) is 0 Å². The molecule has 0 fully saturated rings. The molecule has 1 aromatic rings. The lowest BCUT2D eigenvalue weighted by atomic mass is 9.97. The average molecular weight is 404 g/mol. The number of aliphatic imine (C=N–C) groups is 1. The summed E-state index contributed by atoms with van der Waals surface area (Å²) in [6.45, 7) is 2.03. The van der Waals surface area contributed by atoms with E-state index in [9.17, 15) is 4.79 Å². The molecule has 130 valence electrons. The first-order chi connectivity index (χ1) is 12.2. The van der Waals surface area contributed by atoms with Crippen LogP contribution in [0.3, 0.4) is 0 Å². The van der Waals surface area contributed by atoms with Crippen LogP contribution in [0.25, 0.3) is 0 Å². The third-order valence-electron chi connectivity index (χ3n) is 4.55. The van der Waals surface area contributed by atoms with Crippen LogP contribution in [-0.4, -0.2) is 46.4 Å². The molecule has 4 unspecified atom stereocenters. The Morgan fingerprint density at radius 3 is 2.92 bits per heavy atom. The van der Waals surface area contributed by atoms with Gasteiger partial charge in [0.1, 0.15) is 10.7 Å². The Morgan fingerprint density at radius 1 is 1.36 bits per heavy atom. The third kappa shape index (κ3) is 2.86. The lowest BCUT2D eigenvalue weighted by Crippen LogP contribution is -2.48. The molecule has 6 nitrogen and oxygen atoms in total. The minimum absolute atomic E-state index is 0.0354. The van der Waals surface area contributed by atoms with E-state index in [1.165, 1.54) is 0 Å². The van der Waals surface area contributed by atoms with Crippen LogP contribution in [0.1, 0.15) is 18.9 Å². The fourth-order valence-electron chi connectivity index (χ4n) is 3.41. The molecule has 1 aliphatic carbocycles. The molecule has 0 saturated carbocycles. The van der Waals surface area contributed by atoms with Crippen LogP contribution in [0.5, 0.6) is 0 Å². The Morgan fingerprint density at radius 2 is 2.16 bits per heavy atom. The molecule has 0 radical (unpaired) electrons. The highest BCUT2D eigenvalue weighted by Crippen LogP contribution is 2.38. The van der Waals surface area contributed by atoms with Crippen LogP contribution < -0.4 is 0 Å². The lowest BCUT2D eigenvalue weighted by Gasteiger charge is -2.36. The number of benzene rings is 1. The van der Waals surface area contributed by atoms with Gasteiger partial charge in [-0.1, -0.05) is 58.4 Å². The van der Waals surface area contributed by atoms with Crippen LogP contribution in [0.15, 0.2) is 52.6 Å². The number of nitrogens with zero attached hydrogens (tertiary/aromatic N) is 3. The summed E-state index contributed by atoms with van der Waals surface area (Å²) in [5.41, 5.74) is 1.96. The van der Waals surface area contributed by atoms with Gasteiger partial charge in [-0.3, -0.25) is 0 Å². The number of ether oxygens (including phenoxy) is 2. The number of rotatable bonds is 3. The van der Waals surface area contributed by atoms with E-state index in [-0.39, 0.29) is 23.4 Å². The number of hydrogen-bond donors (Lipinski definition) is 0. The first kappa shape index (κ1) is 16.3. The fraction of sp³-hybridized carbons (Fsp3) is 0.389.